The van der Waals surface area contributed by atoms with Crippen molar-refractivity contribution >= 4 is 23.2 Å². The molecule has 1 N–H and O–H groups in total. The number of carbonyl (C=O) groups is 1. The van der Waals surface area contributed by atoms with Crippen molar-refractivity contribution in [1.82, 2.24) is 24.1 Å². The summed E-state index contributed by atoms with van der Waals surface area (Å²) in [6.07, 6.45) is 2.00. The fourth-order valence-electron chi connectivity index (χ4n) is 3.66. The maximum Gasteiger partial charge on any atom is 0.353 e. The predicted molar refractivity (Wildman–Crippen MR) is 111 cm³/mol. The van der Waals surface area contributed by atoms with Gasteiger partial charge in [0.2, 0.25) is 11.9 Å². The zero-order chi connectivity index (χ0) is 20.5. The standard InChI is InChI=1S/C21H26N6O2/c1-14-8-10-25(11-9-14)19(28)13-26-21(29)27-18(24-26)12-16(3)22-20(27)23-17-7-5-4-6-15(17)2/h4-7,12,14H,8-11,13H2,1-3H3,(H,22,23). The number of nitrogens with one attached hydrogen (secondary N) is 1. The third kappa shape index (κ3) is 3.87. The van der Waals surface area contributed by atoms with E-state index in [-0.39, 0.29) is 18.1 Å². The number of amides is 1. The molecule has 2 aromatic heterocycles. The lowest BCUT2D eigenvalue weighted by Gasteiger charge is -2.30. The molecule has 1 fully saturated rings. The Bertz CT molecular complexity index is 1110. The Morgan fingerprint density at radius 3 is 2.66 bits per heavy atom. The van der Waals surface area contributed by atoms with Gasteiger partial charge >= 0.3 is 5.69 Å². The van der Waals surface area contributed by atoms with Gasteiger partial charge in [-0.1, -0.05) is 25.1 Å². The van der Waals surface area contributed by atoms with E-state index in [0.29, 0.717) is 17.5 Å². The van der Waals surface area contributed by atoms with Crippen LogP contribution in [-0.2, 0) is 11.3 Å². The van der Waals surface area contributed by atoms with Gasteiger partial charge in [0, 0.05) is 30.5 Å². The summed E-state index contributed by atoms with van der Waals surface area (Å²) in [4.78, 5) is 32.0. The van der Waals surface area contributed by atoms with Crippen LogP contribution in [0.2, 0.25) is 0 Å². The second kappa shape index (κ2) is 7.69. The number of piperidine rings is 1. The second-order valence-corrected chi connectivity index (χ2v) is 7.86. The van der Waals surface area contributed by atoms with Crippen molar-refractivity contribution in [1.29, 1.82) is 0 Å². The van der Waals surface area contributed by atoms with Crippen LogP contribution < -0.4 is 11.0 Å². The van der Waals surface area contributed by atoms with Crippen LogP contribution in [-0.4, -0.2) is 43.1 Å². The topological polar surface area (TPSA) is 84.5 Å². The first-order valence-corrected chi connectivity index (χ1v) is 10.00. The quantitative estimate of drug-likeness (QED) is 0.735. The monoisotopic (exact) mass is 394 g/mol. The van der Waals surface area contributed by atoms with E-state index >= 15 is 0 Å². The molecule has 4 rings (SSSR count). The number of anilines is 2. The minimum atomic E-state index is -0.373. The number of carbonyl (C=O) groups excluding carboxylic acids is 1. The minimum absolute atomic E-state index is 0.0578. The van der Waals surface area contributed by atoms with E-state index in [1.165, 1.54) is 9.08 Å². The molecule has 0 unspecified atom stereocenters. The van der Waals surface area contributed by atoms with Crippen molar-refractivity contribution in [3.05, 3.63) is 52.1 Å². The van der Waals surface area contributed by atoms with Crippen molar-refractivity contribution in [3.63, 3.8) is 0 Å². The number of hydrogen-bond acceptors (Lipinski definition) is 5. The molecular weight excluding hydrogens is 368 g/mol. The minimum Gasteiger partial charge on any atom is -0.341 e. The molecule has 0 saturated carbocycles. The number of rotatable bonds is 4. The summed E-state index contributed by atoms with van der Waals surface area (Å²) in [7, 11) is 0. The Balaban J connectivity index is 1.65. The molecule has 1 aliphatic rings. The molecule has 0 radical (unpaired) electrons. The fourth-order valence-corrected chi connectivity index (χ4v) is 3.66. The van der Waals surface area contributed by atoms with Crippen LogP contribution in [0.1, 0.15) is 31.0 Å². The number of hydrogen-bond donors (Lipinski definition) is 1. The van der Waals surface area contributed by atoms with Gasteiger partial charge in [0.05, 0.1) is 0 Å². The van der Waals surface area contributed by atoms with Crippen LogP contribution in [0.5, 0.6) is 0 Å². The van der Waals surface area contributed by atoms with Gasteiger partial charge < -0.3 is 10.2 Å². The van der Waals surface area contributed by atoms with Crippen LogP contribution in [0, 0.1) is 19.8 Å². The van der Waals surface area contributed by atoms with Gasteiger partial charge in [-0.25, -0.2) is 18.9 Å². The number of likely N-dealkylation sites (tertiary alicyclic amines) is 1. The lowest BCUT2D eigenvalue weighted by molar-refractivity contribution is -0.133. The second-order valence-electron chi connectivity index (χ2n) is 7.86. The van der Waals surface area contributed by atoms with E-state index in [1.807, 2.05) is 43.0 Å². The van der Waals surface area contributed by atoms with Gasteiger partial charge in [0.15, 0.2) is 5.65 Å². The number of para-hydroxylation sites is 1. The number of fused-ring (bicyclic) bond motifs is 1. The lowest BCUT2D eigenvalue weighted by atomic mass is 9.99. The molecule has 8 nitrogen and oxygen atoms in total. The molecule has 0 aliphatic carbocycles. The maximum atomic E-state index is 13.0. The van der Waals surface area contributed by atoms with Gasteiger partial charge in [-0.05, 0) is 44.2 Å². The van der Waals surface area contributed by atoms with Crippen molar-refractivity contribution < 1.29 is 4.79 Å². The van der Waals surface area contributed by atoms with E-state index in [2.05, 4.69) is 22.3 Å². The third-order valence-corrected chi connectivity index (χ3v) is 5.51. The van der Waals surface area contributed by atoms with Crippen molar-refractivity contribution in [3.8, 4) is 0 Å². The van der Waals surface area contributed by atoms with Crippen molar-refractivity contribution in [2.75, 3.05) is 18.4 Å². The summed E-state index contributed by atoms with van der Waals surface area (Å²) in [5, 5.41) is 7.62. The van der Waals surface area contributed by atoms with E-state index < -0.39 is 0 Å². The molecule has 0 spiro atoms. The smallest absolute Gasteiger partial charge is 0.341 e. The molecule has 3 heterocycles. The highest BCUT2D eigenvalue weighted by atomic mass is 16.2. The van der Waals surface area contributed by atoms with Crippen molar-refractivity contribution in [2.45, 2.75) is 40.2 Å². The molecule has 1 saturated heterocycles. The number of benzene rings is 1. The summed E-state index contributed by atoms with van der Waals surface area (Å²) in [5.74, 6) is 0.964. The summed E-state index contributed by atoms with van der Waals surface area (Å²) in [6.45, 7) is 7.46. The van der Waals surface area contributed by atoms with Crippen LogP contribution in [0.4, 0.5) is 11.6 Å². The van der Waals surface area contributed by atoms with E-state index in [0.717, 1.165) is 42.9 Å². The molecule has 1 aliphatic heterocycles. The van der Waals surface area contributed by atoms with E-state index in [4.69, 9.17) is 0 Å². The predicted octanol–water partition coefficient (Wildman–Crippen LogP) is 2.51. The lowest BCUT2D eigenvalue weighted by Crippen LogP contribution is -2.41. The molecule has 152 valence electrons. The average Bonchev–Trinajstić information content (AvgIpc) is 2.99. The molecule has 29 heavy (non-hydrogen) atoms. The van der Waals surface area contributed by atoms with Crippen LogP contribution in [0.3, 0.4) is 0 Å². The first-order chi connectivity index (χ1) is 13.9. The summed E-state index contributed by atoms with van der Waals surface area (Å²) in [5.41, 5.74) is 2.74. The molecule has 1 aromatic carbocycles. The first kappa shape index (κ1) is 19.2. The van der Waals surface area contributed by atoms with Crippen molar-refractivity contribution in [2.24, 2.45) is 5.92 Å². The van der Waals surface area contributed by atoms with Crippen LogP contribution in [0.25, 0.3) is 5.65 Å². The summed E-state index contributed by atoms with van der Waals surface area (Å²) < 4.78 is 2.66. The van der Waals surface area contributed by atoms with Gasteiger partial charge in [-0.3, -0.25) is 4.79 Å². The largest absolute Gasteiger partial charge is 0.353 e. The Kier molecular flexibility index (Phi) is 5.08. The van der Waals surface area contributed by atoms with Gasteiger partial charge in [0.25, 0.3) is 0 Å². The van der Waals surface area contributed by atoms with Gasteiger partial charge in [-0.2, -0.15) is 0 Å². The maximum absolute atomic E-state index is 13.0. The molecular formula is C21H26N6O2. The highest BCUT2D eigenvalue weighted by molar-refractivity contribution is 5.76. The first-order valence-electron chi connectivity index (χ1n) is 10.00. The normalized spacial score (nSPS) is 15.1. The van der Waals surface area contributed by atoms with E-state index in [1.54, 1.807) is 6.07 Å². The fraction of sp³-hybridized carbons (Fsp3) is 0.429. The number of aryl methyl sites for hydroxylation is 2. The molecule has 3 aromatic rings. The molecule has 1 amide bonds. The highest BCUT2D eigenvalue weighted by Crippen LogP contribution is 2.19. The number of nitrogens with zero attached hydrogens (tertiary/aromatic N) is 5. The molecule has 0 bridgehead atoms. The Hall–Kier alpha value is -3.16. The summed E-state index contributed by atoms with van der Waals surface area (Å²) >= 11 is 0. The van der Waals surface area contributed by atoms with Gasteiger partial charge in [0.1, 0.15) is 6.54 Å². The Morgan fingerprint density at radius 2 is 1.93 bits per heavy atom. The Morgan fingerprint density at radius 1 is 1.21 bits per heavy atom. The van der Waals surface area contributed by atoms with E-state index in [9.17, 15) is 9.59 Å². The molecule has 0 atom stereocenters. The van der Waals surface area contributed by atoms with Crippen LogP contribution in [0.15, 0.2) is 35.1 Å². The Labute approximate surface area is 169 Å². The number of aromatic nitrogens is 4. The highest BCUT2D eigenvalue weighted by Gasteiger charge is 2.22. The van der Waals surface area contributed by atoms with Crippen LogP contribution >= 0.6 is 0 Å². The summed E-state index contributed by atoms with van der Waals surface area (Å²) in [6, 6.07) is 9.54. The zero-order valence-corrected chi connectivity index (χ0v) is 17.1. The zero-order valence-electron chi connectivity index (χ0n) is 17.1. The third-order valence-electron chi connectivity index (χ3n) is 5.51. The van der Waals surface area contributed by atoms with Gasteiger partial charge in [-0.15, -0.1) is 5.10 Å². The molecule has 8 heteroatoms. The average molecular weight is 394 g/mol. The SMILES string of the molecule is Cc1cc2nn(CC(=O)N3CCC(C)CC3)c(=O)n2c(Nc2ccccc2C)n1.